The smallest absolute Gasteiger partial charge is 0.303 e. The second-order valence-corrected chi connectivity index (χ2v) is 5.11. The van der Waals surface area contributed by atoms with E-state index in [1.54, 1.807) is 0 Å². The maximum absolute atomic E-state index is 11.6. The summed E-state index contributed by atoms with van der Waals surface area (Å²) < 4.78 is 0. The topological polar surface area (TPSA) is 79.3 Å². The molecule has 0 aliphatic heterocycles. The quantitative estimate of drug-likeness (QED) is 0.745. The Morgan fingerprint density at radius 1 is 1.44 bits per heavy atom. The normalized spacial score (nSPS) is 12.1. The fourth-order valence-electron chi connectivity index (χ4n) is 1.51. The van der Waals surface area contributed by atoms with Gasteiger partial charge in [-0.05, 0) is 26.7 Å². The van der Waals surface area contributed by atoms with Crippen LogP contribution < -0.4 is 5.32 Å². The minimum Gasteiger partial charge on any atom is -0.481 e. The first-order chi connectivity index (χ1) is 8.49. The summed E-state index contributed by atoms with van der Waals surface area (Å²) in [6.07, 6.45) is 1.62. The van der Waals surface area contributed by atoms with E-state index in [4.69, 9.17) is 5.11 Å². The second-order valence-electron chi connectivity index (χ2n) is 4.22. The lowest BCUT2D eigenvalue weighted by molar-refractivity contribution is -0.137. The van der Waals surface area contributed by atoms with E-state index in [1.807, 2.05) is 19.2 Å². The molecule has 0 bridgehead atoms. The average Bonchev–Trinajstić information content (AvgIpc) is 2.71. The average molecular weight is 270 g/mol. The molecule has 2 N–H and O–H groups in total. The van der Waals surface area contributed by atoms with E-state index in [0.717, 1.165) is 10.7 Å². The third-order valence-corrected chi connectivity index (χ3v) is 3.57. The summed E-state index contributed by atoms with van der Waals surface area (Å²) in [5, 5.41) is 14.2. The van der Waals surface area contributed by atoms with E-state index < -0.39 is 5.97 Å². The van der Waals surface area contributed by atoms with E-state index in [2.05, 4.69) is 10.3 Å². The number of carbonyl (C=O) groups excluding carboxylic acids is 1. The van der Waals surface area contributed by atoms with Crippen molar-refractivity contribution in [2.75, 3.05) is 0 Å². The predicted molar refractivity (Wildman–Crippen MR) is 69.5 cm³/mol. The van der Waals surface area contributed by atoms with Crippen molar-refractivity contribution in [1.29, 1.82) is 0 Å². The van der Waals surface area contributed by atoms with Crippen molar-refractivity contribution >= 4 is 23.2 Å². The third kappa shape index (κ3) is 5.27. The molecule has 0 aliphatic carbocycles. The molecule has 0 fully saturated rings. The molecule has 1 aromatic heterocycles. The fourth-order valence-corrected chi connectivity index (χ4v) is 2.31. The number of aromatic nitrogens is 1. The summed E-state index contributed by atoms with van der Waals surface area (Å²) in [4.78, 5) is 26.2. The van der Waals surface area contributed by atoms with E-state index >= 15 is 0 Å². The molecule has 18 heavy (non-hydrogen) atoms. The van der Waals surface area contributed by atoms with Gasteiger partial charge in [0.15, 0.2) is 0 Å². The number of thiazole rings is 1. The SMILES string of the molecule is Cc1csc(C(C)NC(=O)CCCCC(=O)O)n1. The number of unbranched alkanes of at least 4 members (excludes halogenated alkanes) is 1. The zero-order valence-corrected chi connectivity index (χ0v) is 11.4. The molecule has 1 unspecified atom stereocenters. The maximum atomic E-state index is 11.6. The summed E-state index contributed by atoms with van der Waals surface area (Å²) in [5.74, 6) is -0.872. The highest BCUT2D eigenvalue weighted by molar-refractivity contribution is 7.09. The highest BCUT2D eigenvalue weighted by atomic mass is 32.1. The van der Waals surface area contributed by atoms with Gasteiger partial charge in [-0.2, -0.15) is 0 Å². The number of aryl methyl sites for hydroxylation is 1. The number of hydrogen-bond acceptors (Lipinski definition) is 4. The van der Waals surface area contributed by atoms with Crippen LogP contribution in [0.2, 0.25) is 0 Å². The first-order valence-electron chi connectivity index (χ1n) is 5.92. The first kappa shape index (κ1) is 14.6. The van der Waals surface area contributed by atoms with Crippen molar-refractivity contribution in [3.05, 3.63) is 16.1 Å². The molecular weight excluding hydrogens is 252 g/mol. The van der Waals surface area contributed by atoms with Gasteiger partial charge in [-0.1, -0.05) is 0 Å². The number of aliphatic carboxylic acids is 1. The van der Waals surface area contributed by atoms with Gasteiger partial charge in [-0.25, -0.2) is 4.98 Å². The summed E-state index contributed by atoms with van der Waals surface area (Å²) in [6, 6.07) is -0.0873. The minimum atomic E-state index is -0.818. The van der Waals surface area contributed by atoms with Crippen LogP contribution in [0, 0.1) is 6.92 Å². The van der Waals surface area contributed by atoms with E-state index in [1.165, 1.54) is 11.3 Å². The van der Waals surface area contributed by atoms with Crippen LogP contribution in [0.4, 0.5) is 0 Å². The van der Waals surface area contributed by atoms with Crippen molar-refractivity contribution in [1.82, 2.24) is 10.3 Å². The zero-order chi connectivity index (χ0) is 13.5. The number of amides is 1. The molecule has 0 spiro atoms. The van der Waals surface area contributed by atoms with Crippen LogP contribution in [0.5, 0.6) is 0 Å². The Labute approximate surface area is 110 Å². The number of nitrogens with zero attached hydrogens (tertiary/aromatic N) is 1. The lowest BCUT2D eigenvalue weighted by Gasteiger charge is -2.10. The number of carboxylic acids is 1. The fraction of sp³-hybridized carbons (Fsp3) is 0.583. The molecule has 1 amide bonds. The van der Waals surface area contributed by atoms with Gasteiger partial charge in [0.2, 0.25) is 5.91 Å². The largest absolute Gasteiger partial charge is 0.481 e. The third-order valence-electron chi connectivity index (χ3n) is 2.43. The van der Waals surface area contributed by atoms with Crippen LogP contribution in [0.25, 0.3) is 0 Å². The van der Waals surface area contributed by atoms with Crippen LogP contribution in [-0.2, 0) is 9.59 Å². The number of carbonyl (C=O) groups is 2. The molecule has 1 rings (SSSR count). The van der Waals surface area contributed by atoms with E-state index in [-0.39, 0.29) is 18.4 Å². The lowest BCUT2D eigenvalue weighted by Crippen LogP contribution is -2.26. The first-order valence-corrected chi connectivity index (χ1v) is 6.80. The van der Waals surface area contributed by atoms with Gasteiger partial charge in [-0.3, -0.25) is 9.59 Å². The summed E-state index contributed by atoms with van der Waals surface area (Å²) in [5.41, 5.74) is 0.956. The molecule has 5 nitrogen and oxygen atoms in total. The van der Waals surface area contributed by atoms with E-state index in [9.17, 15) is 9.59 Å². The number of nitrogens with one attached hydrogen (secondary N) is 1. The summed E-state index contributed by atoms with van der Waals surface area (Å²) >= 11 is 1.53. The summed E-state index contributed by atoms with van der Waals surface area (Å²) in [6.45, 7) is 3.81. The van der Waals surface area contributed by atoms with Crippen LogP contribution in [0.15, 0.2) is 5.38 Å². The molecule has 0 saturated heterocycles. The molecule has 6 heteroatoms. The van der Waals surface area contributed by atoms with Gasteiger partial charge >= 0.3 is 5.97 Å². The van der Waals surface area contributed by atoms with Crippen molar-refractivity contribution in [2.24, 2.45) is 0 Å². The number of hydrogen-bond donors (Lipinski definition) is 2. The van der Waals surface area contributed by atoms with Crippen LogP contribution >= 0.6 is 11.3 Å². The Hall–Kier alpha value is -1.43. The molecule has 0 aliphatic rings. The van der Waals surface area contributed by atoms with Crippen LogP contribution in [-0.4, -0.2) is 22.0 Å². The Morgan fingerprint density at radius 3 is 2.67 bits per heavy atom. The molecule has 1 atom stereocenters. The van der Waals surface area contributed by atoms with Gasteiger partial charge in [0, 0.05) is 23.9 Å². The van der Waals surface area contributed by atoms with Gasteiger partial charge in [0.05, 0.1) is 6.04 Å². The van der Waals surface area contributed by atoms with Crippen molar-refractivity contribution in [3.63, 3.8) is 0 Å². The molecule has 100 valence electrons. The Kier molecular flexibility index (Phi) is 5.77. The zero-order valence-electron chi connectivity index (χ0n) is 10.6. The Bertz CT molecular complexity index is 417. The maximum Gasteiger partial charge on any atom is 0.303 e. The van der Waals surface area contributed by atoms with E-state index in [0.29, 0.717) is 19.3 Å². The van der Waals surface area contributed by atoms with Gasteiger partial charge in [0.1, 0.15) is 5.01 Å². The van der Waals surface area contributed by atoms with Gasteiger partial charge < -0.3 is 10.4 Å². The molecular formula is C12H18N2O3S. The highest BCUT2D eigenvalue weighted by Crippen LogP contribution is 2.17. The predicted octanol–water partition coefficient (Wildman–Crippen LogP) is 2.27. The molecule has 0 aromatic carbocycles. The standard InChI is InChI=1S/C12H18N2O3S/c1-8-7-18-12(13-8)9(2)14-10(15)5-3-4-6-11(16)17/h7,9H,3-6H2,1-2H3,(H,14,15)(H,16,17). The number of rotatable bonds is 7. The van der Waals surface area contributed by atoms with Gasteiger partial charge in [-0.15, -0.1) is 11.3 Å². The Balaban J connectivity index is 2.25. The molecule has 1 aromatic rings. The van der Waals surface area contributed by atoms with Crippen LogP contribution in [0.1, 0.15) is 49.4 Å². The van der Waals surface area contributed by atoms with Crippen LogP contribution in [0.3, 0.4) is 0 Å². The minimum absolute atomic E-state index is 0.0549. The molecule has 0 radical (unpaired) electrons. The second kappa shape index (κ2) is 7.10. The summed E-state index contributed by atoms with van der Waals surface area (Å²) in [7, 11) is 0. The lowest BCUT2D eigenvalue weighted by atomic mass is 10.2. The molecule has 0 saturated carbocycles. The monoisotopic (exact) mass is 270 g/mol. The van der Waals surface area contributed by atoms with Gasteiger partial charge in [0.25, 0.3) is 0 Å². The molecule has 1 heterocycles. The van der Waals surface area contributed by atoms with Crippen molar-refractivity contribution < 1.29 is 14.7 Å². The highest BCUT2D eigenvalue weighted by Gasteiger charge is 2.12. The number of carboxylic acid groups (broad SMARTS) is 1. The van der Waals surface area contributed by atoms with Crippen molar-refractivity contribution in [2.45, 2.75) is 45.6 Å². The van der Waals surface area contributed by atoms with Crippen molar-refractivity contribution in [3.8, 4) is 0 Å². The Morgan fingerprint density at radius 2 is 2.11 bits per heavy atom.